The Bertz CT molecular complexity index is 724. The summed E-state index contributed by atoms with van der Waals surface area (Å²) in [5.41, 5.74) is 1.62. The van der Waals surface area contributed by atoms with Crippen LogP contribution >= 0.6 is 0 Å². The highest BCUT2D eigenvalue weighted by Crippen LogP contribution is 2.14. The van der Waals surface area contributed by atoms with E-state index in [9.17, 15) is 9.59 Å². The van der Waals surface area contributed by atoms with Crippen LogP contribution < -0.4 is 0 Å². The number of ether oxygens (including phenoxy) is 1. The molecule has 1 heterocycles. The van der Waals surface area contributed by atoms with Crippen LogP contribution in [0, 0.1) is 5.92 Å². The third-order valence-electron chi connectivity index (χ3n) is 4.44. The van der Waals surface area contributed by atoms with Gasteiger partial charge in [0.25, 0.3) is 5.91 Å². The van der Waals surface area contributed by atoms with Crippen LogP contribution in [0.1, 0.15) is 23.7 Å². The van der Waals surface area contributed by atoms with Crippen molar-refractivity contribution in [3.05, 3.63) is 54.4 Å². The molecule has 2 aromatic rings. The second kappa shape index (κ2) is 9.92. The van der Waals surface area contributed by atoms with E-state index >= 15 is 0 Å². The molecule has 1 unspecified atom stereocenters. The second-order valence-corrected chi connectivity index (χ2v) is 6.97. The number of hydrogen-bond donors (Lipinski definition) is 0. The zero-order valence-electron chi connectivity index (χ0n) is 16.6. The first-order valence-electron chi connectivity index (χ1n) is 9.17. The predicted molar refractivity (Wildman–Crippen MR) is 106 cm³/mol. The fourth-order valence-electron chi connectivity index (χ4n) is 2.93. The standard InChI is InChI=1S/C21H29N3O3/c1-17(21(26)27-4)16-24(15-7-12-22(2)3)20(25)18-8-10-19(11-9-18)23-13-5-6-14-23/h5-6,8-11,13-14,17H,7,12,15-16H2,1-4H3. The van der Waals surface area contributed by atoms with E-state index in [1.165, 1.54) is 7.11 Å². The summed E-state index contributed by atoms with van der Waals surface area (Å²) in [6.07, 6.45) is 4.76. The molecule has 0 fully saturated rings. The van der Waals surface area contributed by atoms with E-state index in [4.69, 9.17) is 4.74 Å². The molecular weight excluding hydrogens is 342 g/mol. The zero-order valence-corrected chi connectivity index (χ0v) is 16.6. The van der Waals surface area contributed by atoms with Crippen LogP contribution in [0.3, 0.4) is 0 Å². The van der Waals surface area contributed by atoms with Crippen LogP contribution in [0.2, 0.25) is 0 Å². The lowest BCUT2D eigenvalue weighted by Gasteiger charge is -2.26. The molecule has 146 valence electrons. The lowest BCUT2D eigenvalue weighted by molar-refractivity contribution is -0.145. The molecule has 6 heteroatoms. The van der Waals surface area contributed by atoms with Crippen molar-refractivity contribution in [3.63, 3.8) is 0 Å². The Labute approximate surface area is 161 Å². The molecule has 6 nitrogen and oxygen atoms in total. The van der Waals surface area contributed by atoms with Gasteiger partial charge in [0.1, 0.15) is 0 Å². The second-order valence-electron chi connectivity index (χ2n) is 6.97. The lowest BCUT2D eigenvalue weighted by atomic mass is 10.1. The topological polar surface area (TPSA) is 54.8 Å². The summed E-state index contributed by atoms with van der Waals surface area (Å²) < 4.78 is 6.80. The van der Waals surface area contributed by atoms with Gasteiger partial charge < -0.3 is 19.1 Å². The number of hydrogen-bond acceptors (Lipinski definition) is 4. The number of aromatic nitrogens is 1. The zero-order chi connectivity index (χ0) is 19.8. The van der Waals surface area contributed by atoms with E-state index in [0.29, 0.717) is 18.7 Å². The number of carbonyl (C=O) groups is 2. The highest BCUT2D eigenvalue weighted by Gasteiger charge is 2.22. The van der Waals surface area contributed by atoms with E-state index in [2.05, 4.69) is 4.90 Å². The van der Waals surface area contributed by atoms with Crippen molar-refractivity contribution in [2.45, 2.75) is 13.3 Å². The Morgan fingerprint density at radius 3 is 2.26 bits per heavy atom. The first-order chi connectivity index (χ1) is 12.9. The predicted octanol–water partition coefficient (Wildman–Crippen LogP) is 2.68. The van der Waals surface area contributed by atoms with Gasteiger partial charge in [-0.1, -0.05) is 6.92 Å². The van der Waals surface area contributed by atoms with E-state index in [0.717, 1.165) is 18.7 Å². The van der Waals surface area contributed by atoms with Gasteiger partial charge in [-0.25, -0.2) is 0 Å². The van der Waals surface area contributed by atoms with Gasteiger partial charge in [-0.15, -0.1) is 0 Å². The van der Waals surface area contributed by atoms with E-state index in [-0.39, 0.29) is 17.8 Å². The Morgan fingerprint density at radius 1 is 1.07 bits per heavy atom. The summed E-state index contributed by atoms with van der Waals surface area (Å²) >= 11 is 0. The number of esters is 1. The summed E-state index contributed by atoms with van der Waals surface area (Å²) in [6, 6.07) is 11.4. The summed E-state index contributed by atoms with van der Waals surface area (Å²) in [5.74, 6) is -0.732. The molecule has 1 aromatic heterocycles. The SMILES string of the molecule is COC(=O)C(C)CN(CCCN(C)C)C(=O)c1ccc(-n2cccc2)cc1. The van der Waals surface area contributed by atoms with Crippen molar-refractivity contribution in [1.29, 1.82) is 0 Å². The van der Waals surface area contributed by atoms with Gasteiger partial charge in [-0.05, 0) is 63.5 Å². The fraction of sp³-hybridized carbons (Fsp3) is 0.429. The van der Waals surface area contributed by atoms with Crippen molar-refractivity contribution < 1.29 is 14.3 Å². The monoisotopic (exact) mass is 371 g/mol. The Hall–Kier alpha value is -2.60. The average molecular weight is 371 g/mol. The average Bonchev–Trinajstić information content (AvgIpc) is 3.20. The Morgan fingerprint density at radius 2 is 1.70 bits per heavy atom. The summed E-state index contributed by atoms with van der Waals surface area (Å²) in [4.78, 5) is 28.6. The molecule has 0 saturated carbocycles. The van der Waals surface area contributed by atoms with Gasteiger partial charge >= 0.3 is 5.97 Å². The van der Waals surface area contributed by atoms with Crippen molar-refractivity contribution in [1.82, 2.24) is 14.4 Å². The highest BCUT2D eigenvalue weighted by atomic mass is 16.5. The van der Waals surface area contributed by atoms with Gasteiger partial charge in [-0.2, -0.15) is 0 Å². The van der Waals surface area contributed by atoms with Gasteiger partial charge in [0, 0.05) is 36.7 Å². The van der Waals surface area contributed by atoms with Gasteiger partial charge in [0.2, 0.25) is 0 Å². The minimum absolute atomic E-state index is 0.0661. The van der Waals surface area contributed by atoms with Crippen molar-refractivity contribution in [2.24, 2.45) is 5.92 Å². The minimum Gasteiger partial charge on any atom is -0.469 e. The quantitative estimate of drug-likeness (QED) is 0.636. The fourth-order valence-corrected chi connectivity index (χ4v) is 2.93. The number of rotatable bonds is 9. The molecule has 0 spiro atoms. The van der Waals surface area contributed by atoms with Crippen LogP contribution in [0.25, 0.3) is 5.69 Å². The van der Waals surface area contributed by atoms with E-state index in [1.54, 1.807) is 11.8 Å². The molecule has 1 atom stereocenters. The third-order valence-corrected chi connectivity index (χ3v) is 4.44. The lowest BCUT2D eigenvalue weighted by Crippen LogP contribution is -2.38. The van der Waals surface area contributed by atoms with Crippen molar-refractivity contribution in [2.75, 3.05) is 40.8 Å². The van der Waals surface area contributed by atoms with E-state index < -0.39 is 0 Å². The first kappa shape index (κ1) is 20.7. The van der Waals surface area contributed by atoms with Crippen LogP contribution in [-0.2, 0) is 9.53 Å². The van der Waals surface area contributed by atoms with Crippen molar-refractivity contribution in [3.8, 4) is 5.69 Å². The van der Waals surface area contributed by atoms with Crippen LogP contribution in [0.15, 0.2) is 48.8 Å². The molecular formula is C21H29N3O3. The summed E-state index contributed by atoms with van der Waals surface area (Å²) in [7, 11) is 5.38. The maximum absolute atomic E-state index is 13.0. The van der Waals surface area contributed by atoms with Crippen molar-refractivity contribution >= 4 is 11.9 Å². The maximum Gasteiger partial charge on any atom is 0.310 e. The smallest absolute Gasteiger partial charge is 0.310 e. The highest BCUT2D eigenvalue weighted by molar-refractivity contribution is 5.94. The van der Waals surface area contributed by atoms with Gasteiger partial charge in [0.15, 0.2) is 0 Å². The number of benzene rings is 1. The molecule has 1 amide bonds. The van der Waals surface area contributed by atoms with Crippen LogP contribution in [0.5, 0.6) is 0 Å². The molecule has 0 aliphatic carbocycles. The maximum atomic E-state index is 13.0. The van der Waals surface area contributed by atoms with Gasteiger partial charge in [0.05, 0.1) is 13.0 Å². The number of methoxy groups -OCH3 is 1. The Kier molecular flexibility index (Phi) is 7.61. The largest absolute Gasteiger partial charge is 0.469 e. The Balaban J connectivity index is 2.12. The molecule has 2 rings (SSSR count). The molecule has 0 bridgehead atoms. The first-order valence-corrected chi connectivity index (χ1v) is 9.17. The molecule has 0 N–H and O–H groups in total. The normalized spacial score (nSPS) is 12.0. The number of amides is 1. The molecule has 0 radical (unpaired) electrons. The molecule has 0 saturated heterocycles. The number of carbonyl (C=O) groups excluding carboxylic acids is 2. The van der Waals surface area contributed by atoms with E-state index in [1.807, 2.05) is 67.5 Å². The summed E-state index contributed by atoms with van der Waals surface area (Å²) in [6.45, 7) is 3.60. The van der Waals surface area contributed by atoms with Gasteiger partial charge in [-0.3, -0.25) is 9.59 Å². The molecule has 1 aromatic carbocycles. The minimum atomic E-state index is -0.363. The summed E-state index contributed by atoms with van der Waals surface area (Å²) in [5, 5.41) is 0. The molecule has 0 aliphatic rings. The van der Waals surface area contributed by atoms with Crippen LogP contribution in [0.4, 0.5) is 0 Å². The molecule has 0 aliphatic heterocycles. The number of nitrogens with zero attached hydrogens (tertiary/aromatic N) is 3. The molecule has 27 heavy (non-hydrogen) atoms. The van der Waals surface area contributed by atoms with Crippen LogP contribution in [-0.4, -0.2) is 67.1 Å². The third kappa shape index (κ3) is 5.96.